The third-order valence-corrected chi connectivity index (χ3v) is 2.95. The molecule has 13 heavy (non-hydrogen) atoms. The molecule has 0 saturated heterocycles. The van der Waals surface area contributed by atoms with Crippen LogP contribution in [-0.4, -0.2) is 18.5 Å². The first kappa shape index (κ1) is 10.3. The summed E-state index contributed by atoms with van der Waals surface area (Å²) in [6.45, 7) is 2.21. The molecule has 0 aromatic heterocycles. The van der Waals surface area contributed by atoms with Crippen molar-refractivity contribution in [3.8, 4) is 0 Å². The van der Waals surface area contributed by atoms with Crippen LogP contribution in [0.2, 0.25) is 0 Å². The molecule has 2 atom stereocenters. The normalized spacial score (nSPS) is 36.2. The van der Waals surface area contributed by atoms with Gasteiger partial charge >= 0.3 is 0 Å². The highest BCUT2D eigenvalue weighted by Gasteiger charge is 2.38. The zero-order chi connectivity index (χ0) is 9.90. The van der Waals surface area contributed by atoms with Crippen LogP contribution in [0.3, 0.4) is 0 Å². The Morgan fingerprint density at radius 1 is 1.62 bits per heavy atom. The van der Waals surface area contributed by atoms with Crippen LogP contribution < -0.4 is 11.6 Å². The van der Waals surface area contributed by atoms with E-state index in [0.29, 0.717) is 11.8 Å². The van der Waals surface area contributed by atoms with Crippen LogP contribution in [0.25, 0.3) is 0 Å². The summed E-state index contributed by atoms with van der Waals surface area (Å²) in [7, 11) is 1.68. The van der Waals surface area contributed by atoms with Crippen molar-refractivity contribution in [2.75, 3.05) is 7.11 Å². The van der Waals surface area contributed by atoms with E-state index in [4.69, 9.17) is 16.3 Å². The molecule has 1 rings (SSSR count). The van der Waals surface area contributed by atoms with Gasteiger partial charge < -0.3 is 16.3 Å². The minimum absolute atomic E-state index is 0.396. The van der Waals surface area contributed by atoms with Crippen molar-refractivity contribution in [2.24, 2.45) is 22.6 Å². The van der Waals surface area contributed by atoms with E-state index in [1.807, 2.05) is 0 Å². The summed E-state index contributed by atoms with van der Waals surface area (Å²) in [5.74, 6) is 6.26. The first-order valence-electron chi connectivity index (χ1n) is 4.73. The maximum atomic E-state index is 5.76. The molecule has 4 N–H and O–H groups in total. The molecule has 0 aliphatic heterocycles. The third kappa shape index (κ3) is 1.94. The molecule has 1 saturated carbocycles. The van der Waals surface area contributed by atoms with Gasteiger partial charge in [-0.3, -0.25) is 0 Å². The van der Waals surface area contributed by atoms with Gasteiger partial charge in [-0.1, -0.05) is 13.3 Å². The van der Waals surface area contributed by atoms with Crippen molar-refractivity contribution in [1.82, 2.24) is 0 Å². The lowest BCUT2D eigenvalue weighted by Gasteiger charge is -2.37. The summed E-state index contributed by atoms with van der Waals surface area (Å²) in [6.07, 6.45) is 4.23. The maximum absolute atomic E-state index is 5.76. The van der Waals surface area contributed by atoms with Gasteiger partial charge in [-0.15, -0.1) is 0 Å². The molecule has 2 unspecified atom stereocenters. The molecule has 0 amide bonds. The third-order valence-electron chi connectivity index (χ3n) is 2.95. The number of amidine groups is 1. The smallest absolute Gasteiger partial charge is 0.151 e. The van der Waals surface area contributed by atoms with E-state index in [9.17, 15) is 0 Å². The minimum Gasteiger partial charge on any atom is -0.383 e. The Balaban J connectivity index is 2.79. The molecule has 0 bridgehead atoms. The highest BCUT2D eigenvalue weighted by molar-refractivity contribution is 5.88. The summed E-state index contributed by atoms with van der Waals surface area (Å²) in [6, 6.07) is 0. The van der Waals surface area contributed by atoms with E-state index in [0.717, 1.165) is 19.3 Å². The molecule has 1 fully saturated rings. The Bertz CT molecular complexity index is 205. The number of methoxy groups -OCH3 is 1. The predicted octanol–water partition coefficient (Wildman–Crippen LogP) is 0.813. The van der Waals surface area contributed by atoms with Gasteiger partial charge in [0.2, 0.25) is 0 Å². The highest BCUT2D eigenvalue weighted by Crippen LogP contribution is 2.34. The van der Waals surface area contributed by atoms with Crippen molar-refractivity contribution in [3.63, 3.8) is 0 Å². The summed E-state index contributed by atoms with van der Waals surface area (Å²) in [5, 5.41) is 3.56. The second-order valence-corrected chi connectivity index (χ2v) is 3.91. The number of rotatable bonds is 2. The standard InChI is InChI=1S/C9H19N3O/c1-7-4-3-5-9(6-7,13-2)8(10)12-11/h7H,3-6,11H2,1-2H3,(H2,10,12). The molecule has 0 heterocycles. The van der Waals surface area contributed by atoms with E-state index < -0.39 is 5.60 Å². The van der Waals surface area contributed by atoms with Gasteiger partial charge in [-0.2, -0.15) is 5.10 Å². The molecule has 1 aliphatic carbocycles. The number of ether oxygens (including phenoxy) is 1. The van der Waals surface area contributed by atoms with Crippen LogP contribution in [0.15, 0.2) is 5.10 Å². The van der Waals surface area contributed by atoms with Crippen LogP contribution in [0, 0.1) is 5.92 Å². The Morgan fingerprint density at radius 2 is 2.31 bits per heavy atom. The SMILES string of the molecule is COC1(C(N)=NN)CCCC(C)C1. The predicted molar refractivity (Wildman–Crippen MR) is 53.2 cm³/mol. The van der Waals surface area contributed by atoms with E-state index in [1.165, 1.54) is 6.42 Å². The first-order valence-corrected chi connectivity index (χ1v) is 4.73. The van der Waals surface area contributed by atoms with Gasteiger partial charge in [0.15, 0.2) is 5.84 Å². The van der Waals surface area contributed by atoms with Crippen molar-refractivity contribution < 1.29 is 4.74 Å². The molecule has 0 aromatic rings. The largest absolute Gasteiger partial charge is 0.383 e. The number of hydrogen-bond donors (Lipinski definition) is 2. The molecular formula is C9H19N3O. The molecule has 0 aromatic carbocycles. The number of nitrogens with zero attached hydrogens (tertiary/aromatic N) is 1. The summed E-state index contributed by atoms with van der Waals surface area (Å²) < 4.78 is 5.47. The minimum atomic E-state index is -0.396. The molecule has 0 radical (unpaired) electrons. The average molecular weight is 185 g/mol. The fraction of sp³-hybridized carbons (Fsp3) is 0.889. The Hall–Kier alpha value is -0.770. The van der Waals surface area contributed by atoms with Crippen molar-refractivity contribution in [3.05, 3.63) is 0 Å². The molecule has 1 aliphatic rings. The molecule has 0 spiro atoms. The van der Waals surface area contributed by atoms with Crippen molar-refractivity contribution in [2.45, 2.75) is 38.2 Å². The van der Waals surface area contributed by atoms with E-state index in [2.05, 4.69) is 12.0 Å². The number of hydrazone groups is 1. The van der Waals surface area contributed by atoms with Crippen LogP contribution in [0.5, 0.6) is 0 Å². The summed E-state index contributed by atoms with van der Waals surface area (Å²) in [4.78, 5) is 0. The lowest BCUT2D eigenvalue weighted by molar-refractivity contribution is 0.00290. The topological polar surface area (TPSA) is 73.6 Å². The Kier molecular flexibility index (Phi) is 3.14. The fourth-order valence-electron chi connectivity index (χ4n) is 2.14. The van der Waals surface area contributed by atoms with Gasteiger partial charge in [-0.25, -0.2) is 0 Å². The van der Waals surface area contributed by atoms with E-state index in [-0.39, 0.29) is 0 Å². The van der Waals surface area contributed by atoms with Gasteiger partial charge in [0, 0.05) is 7.11 Å². The van der Waals surface area contributed by atoms with Crippen LogP contribution in [0.4, 0.5) is 0 Å². The zero-order valence-corrected chi connectivity index (χ0v) is 8.42. The van der Waals surface area contributed by atoms with E-state index >= 15 is 0 Å². The number of hydrogen-bond acceptors (Lipinski definition) is 3. The molecule has 4 heteroatoms. The fourth-order valence-corrected chi connectivity index (χ4v) is 2.14. The summed E-state index contributed by atoms with van der Waals surface area (Å²) >= 11 is 0. The highest BCUT2D eigenvalue weighted by atomic mass is 16.5. The second-order valence-electron chi connectivity index (χ2n) is 3.91. The van der Waals surface area contributed by atoms with Gasteiger partial charge in [0.25, 0.3) is 0 Å². The van der Waals surface area contributed by atoms with Crippen molar-refractivity contribution in [1.29, 1.82) is 0 Å². The monoisotopic (exact) mass is 185 g/mol. The molecular weight excluding hydrogens is 166 g/mol. The zero-order valence-electron chi connectivity index (χ0n) is 8.42. The quantitative estimate of drug-likeness (QED) is 0.289. The maximum Gasteiger partial charge on any atom is 0.151 e. The Morgan fingerprint density at radius 3 is 2.77 bits per heavy atom. The summed E-state index contributed by atoms with van der Waals surface area (Å²) in [5.41, 5.74) is 5.36. The van der Waals surface area contributed by atoms with Gasteiger partial charge in [-0.05, 0) is 25.2 Å². The second kappa shape index (κ2) is 3.96. The first-order chi connectivity index (χ1) is 6.14. The number of nitrogens with two attached hydrogens (primary N) is 2. The lowest BCUT2D eigenvalue weighted by atomic mass is 9.78. The molecule has 4 nitrogen and oxygen atoms in total. The van der Waals surface area contributed by atoms with Crippen molar-refractivity contribution >= 4 is 5.84 Å². The van der Waals surface area contributed by atoms with Gasteiger partial charge in [0.1, 0.15) is 5.60 Å². The van der Waals surface area contributed by atoms with Crippen LogP contribution in [0.1, 0.15) is 32.6 Å². The Labute approximate surface area is 79.3 Å². The van der Waals surface area contributed by atoms with E-state index in [1.54, 1.807) is 7.11 Å². The lowest BCUT2D eigenvalue weighted by Crippen LogP contribution is -2.49. The van der Waals surface area contributed by atoms with Gasteiger partial charge in [0.05, 0.1) is 0 Å². The van der Waals surface area contributed by atoms with Crippen LogP contribution in [-0.2, 0) is 4.74 Å². The van der Waals surface area contributed by atoms with Crippen LogP contribution >= 0.6 is 0 Å². The molecule has 76 valence electrons. The average Bonchev–Trinajstić information content (AvgIpc) is 2.16.